The number of benzene rings is 2. The molecule has 0 radical (unpaired) electrons. The Kier molecular flexibility index (Phi) is 5.03. The molecule has 6 rings (SSSR count). The summed E-state index contributed by atoms with van der Waals surface area (Å²) >= 11 is 0. The minimum absolute atomic E-state index is 0. The van der Waals surface area contributed by atoms with Crippen LogP contribution in [0.4, 0.5) is 0 Å². The van der Waals surface area contributed by atoms with Crippen molar-refractivity contribution in [1.82, 2.24) is 0 Å². The van der Waals surface area contributed by atoms with Crippen LogP contribution in [0, 0.1) is 17.3 Å². The number of hydrogen-bond donors (Lipinski definition) is 0. The first kappa shape index (κ1) is 20.2. The van der Waals surface area contributed by atoms with Crippen molar-refractivity contribution < 1.29 is 28.5 Å². The van der Waals surface area contributed by atoms with Crippen molar-refractivity contribution in [2.45, 2.75) is 39.7 Å². The van der Waals surface area contributed by atoms with Gasteiger partial charge < -0.3 is 28.5 Å². The van der Waals surface area contributed by atoms with Gasteiger partial charge in [0.05, 0.1) is 14.1 Å². The fraction of sp³-hybridized carbons (Fsp3) is 0.462. The topological polar surface area (TPSA) is 0 Å². The standard InChI is InChI=1S/C26H32N.HI/c1-26(2)22-11-10-20(25(26)15-22)17-27(3,4)16-18-9-12-24-21(13-18)14-19-7-5-6-8-23(19)24;/h5-10,12-13,22,25H,11,14-17H2,1-4H3;1H/q+1;/p-1/t22-,25-;/m0./s1. The Morgan fingerprint density at radius 3 is 2.46 bits per heavy atom. The van der Waals surface area contributed by atoms with E-state index in [1.165, 1.54) is 47.2 Å². The highest BCUT2D eigenvalue weighted by Crippen LogP contribution is 2.59. The molecule has 28 heavy (non-hydrogen) atoms. The Bertz CT molecular complexity index is 937. The van der Waals surface area contributed by atoms with E-state index in [1.807, 2.05) is 0 Å². The Labute approximate surface area is 187 Å². The molecule has 1 saturated carbocycles. The van der Waals surface area contributed by atoms with Crippen LogP contribution in [0.5, 0.6) is 0 Å². The molecule has 2 aromatic carbocycles. The second kappa shape index (κ2) is 6.98. The van der Waals surface area contributed by atoms with E-state index >= 15 is 0 Å². The van der Waals surface area contributed by atoms with E-state index < -0.39 is 0 Å². The minimum Gasteiger partial charge on any atom is -1.00 e. The molecule has 0 heterocycles. The summed E-state index contributed by atoms with van der Waals surface area (Å²) in [4.78, 5) is 0. The SMILES string of the molecule is CC1(C)[C@H]2CC=C(C[N+](C)(C)Cc3ccc4c(c3)Cc3ccccc3-4)[C@@H]1C2.[I-]. The summed E-state index contributed by atoms with van der Waals surface area (Å²) in [6.45, 7) is 7.27. The van der Waals surface area contributed by atoms with Crippen LogP contribution in [0.3, 0.4) is 0 Å². The largest absolute Gasteiger partial charge is 1.00 e. The van der Waals surface area contributed by atoms with Gasteiger partial charge in [-0.1, -0.05) is 56.3 Å². The molecule has 0 spiro atoms. The average Bonchev–Trinajstić information content (AvgIpc) is 2.98. The maximum absolute atomic E-state index is 2.57. The summed E-state index contributed by atoms with van der Waals surface area (Å²) < 4.78 is 1.05. The lowest BCUT2D eigenvalue weighted by molar-refractivity contribution is -0.899. The van der Waals surface area contributed by atoms with Crippen LogP contribution in [0.1, 0.15) is 43.4 Å². The highest BCUT2D eigenvalue weighted by Gasteiger charge is 2.52. The number of nitrogens with zero attached hydrogens (tertiary/aromatic N) is 1. The third kappa shape index (κ3) is 3.27. The third-order valence-corrected chi connectivity index (χ3v) is 7.66. The van der Waals surface area contributed by atoms with Gasteiger partial charge in [-0.3, -0.25) is 0 Å². The number of allylic oxidation sites excluding steroid dienone is 1. The molecule has 148 valence electrons. The van der Waals surface area contributed by atoms with Crippen molar-refractivity contribution in [2.75, 3.05) is 20.6 Å². The van der Waals surface area contributed by atoms with Crippen molar-refractivity contribution >= 4 is 0 Å². The molecule has 4 aliphatic carbocycles. The van der Waals surface area contributed by atoms with E-state index in [1.54, 1.807) is 5.57 Å². The van der Waals surface area contributed by atoms with Gasteiger partial charge in [-0.25, -0.2) is 0 Å². The maximum Gasteiger partial charge on any atom is 0.104 e. The predicted molar refractivity (Wildman–Crippen MR) is 113 cm³/mol. The van der Waals surface area contributed by atoms with Gasteiger partial charge in [0.15, 0.2) is 0 Å². The highest BCUT2D eigenvalue weighted by atomic mass is 127. The highest BCUT2D eigenvalue weighted by molar-refractivity contribution is 5.76. The number of fused-ring (bicyclic) bond motifs is 4. The van der Waals surface area contributed by atoms with Gasteiger partial charge in [0.1, 0.15) is 13.1 Å². The molecule has 0 unspecified atom stereocenters. The smallest absolute Gasteiger partial charge is 0.104 e. The van der Waals surface area contributed by atoms with Crippen molar-refractivity contribution in [3.63, 3.8) is 0 Å². The molecule has 2 bridgehead atoms. The zero-order chi connectivity index (χ0) is 18.8. The first-order chi connectivity index (χ1) is 12.8. The lowest BCUT2D eigenvalue weighted by atomic mass is 9.49. The summed E-state index contributed by atoms with van der Waals surface area (Å²) in [6.07, 6.45) is 6.39. The molecule has 0 aliphatic heterocycles. The summed E-state index contributed by atoms with van der Waals surface area (Å²) in [5, 5.41) is 0. The molecule has 4 aliphatic rings. The molecule has 2 heteroatoms. The molecule has 0 aromatic heterocycles. The van der Waals surface area contributed by atoms with Gasteiger partial charge in [-0.15, -0.1) is 0 Å². The molecule has 2 aromatic rings. The second-order valence-electron chi connectivity index (χ2n) is 10.4. The fourth-order valence-electron chi connectivity index (χ4n) is 6.00. The lowest BCUT2D eigenvalue weighted by Gasteiger charge is -2.57. The monoisotopic (exact) mass is 485 g/mol. The second-order valence-corrected chi connectivity index (χ2v) is 10.4. The van der Waals surface area contributed by atoms with Crippen LogP contribution in [0.15, 0.2) is 54.1 Å². The number of likely N-dealkylation sites (N-methyl/N-ethyl adjacent to an activating group) is 1. The summed E-state index contributed by atoms with van der Waals surface area (Å²) in [6, 6.07) is 16.0. The Hall–Kier alpha value is -1.13. The number of halogens is 1. The lowest BCUT2D eigenvalue weighted by Crippen LogP contribution is -3.00. The minimum atomic E-state index is 0. The summed E-state index contributed by atoms with van der Waals surface area (Å²) in [5.41, 5.74) is 9.60. The Morgan fingerprint density at radius 2 is 1.71 bits per heavy atom. The van der Waals surface area contributed by atoms with Gasteiger partial charge >= 0.3 is 0 Å². The molecule has 1 fully saturated rings. The quantitative estimate of drug-likeness (QED) is 0.303. The molecular formula is C26H32IN. The van der Waals surface area contributed by atoms with Gasteiger partial charge in [-0.2, -0.15) is 0 Å². The summed E-state index contributed by atoms with van der Waals surface area (Å²) in [7, 11) is 4.81. The van der Waals surface area contributed by atoms with Crippen LogP contribution in [-0.2, 0) is 13.0 Å². The van der Waals surface area contributed by atoms with Crippen molar-refractivity contribution in [2.24, 2.45) is 17.3 Å². The fourth-order valence-corrected chi connectivity index (χ4v) is 6.00. The van der Waals surface area contributed by atoms with E-state index in [0.717, 1.165) is 29.3 Å². The number of hydrogen-bond acceptors (Lipinski definition) is 0. The molecule has 1 nitrogen and oxygen atoms in total. The van der Waals surface area contributed by atoms with E-state index in [-0.39, 0.29) is 24.0 Å². The zero-order valence-corrected chi connectivity index (χ0v) is 19.8. The van der Waals surface area contributed by atoms with E-state index in [2.05, 4.69) is 76.5 Å². The van der Waals surface area contributed by atoms with E-state index in [4.69, 9.17) is 0 Å². The van der Waals surface area contributed by atoms with Crippen LogP contribution in [-0.4, -0.2) is 25.1 Å². The van der Waals surface area contributed by atoms with Crippen LogP contribution in [0.2, 0.25) is 0 Å². The van der Waals surface area contributed by atoms with E-state index in [0.29, 0.717) is 5.41 Å². The van der Waals surface area contributed by atoms with Gasteiger partial charge in [-0.05, 0) is 70.4 Å². The maximum atomic E-state index is 2.57. The number of quaternary nitrogens is 1. The molecule has 0 N–H and O–H groups in total. The third-order valence-electron chi connectivity index (χ3n) is 7.66. The average molecular weight is 485 g/mol. The predicted octanol–water partition coefficient (Wildman–Crippen LogP) is 2.83. The van der Waals surface area contributed by atoms with Crippen molar-refractivity contribution in [3.05, 3.63) is 70.8 Å². The Balaban J connectivity index is 0.00000192. The molecule has 0 saturated heterocycles. The van der Waals surface area contributed by atoms with Crippen molar-refractivity contribution in [3.8, 4) is 11.1 Å². The molecule has 2 atom stereocenters. The molecular weight excluding hydrogens is 453 g/mol. The first-order valence-corrected chi connectivity index (χ1v) is 10.5. The van der Waals surface area contributed by atoms with E-state index in [9.17, 15) is 0 Å². The first-order valence-electron chi connectivity index (χ1n) is 10.5. The van der Waals surface area contributed by atoms with Gasteiger partial charge in [0, 0.05) is 5.56 Å². The van der Waals surface area contributed by atoms with Gasteiger partial charge in [0.2, 0.25) is 0 Å². The Morgan fingerprint density at radius 1 is 0.964 bits per heavy atom. The van der Waals surface area contributed by atoms with Crippen LogP contribution in [0.25, 0.3) is 11.1 Å². The number of rotatable bonds is 4. The normalized spacial score (nSPS) is 23.8. The van der Waals surface area contributed by atoms with Crippen LogP contribution < -0.4 is 24.0 Å². The molecule has 0 amide bonds. The van der Waals surface area contributed by atoms with Crippen molar-refractivity contribution in [1.29, 1.82) is 0 Å². The van der Waals surface area contributed by atoms with Crippen LogP contribution >= 0.6 is 0 Å². The summed E-state index contributed by atoms with van der Waals surface area (Å²) in [5.74, 6) is 1.75. The zero-order valence-electron chi connectivity index (χ0n) is 17.6. The van der Waals surface area contributed by atoms with Gasteiger partial charge in [0.25, 0.3) is 0 Å².